The molecule has 0 unspecified atom stereocenters. The van der Waals surface area contributed by atoms with Crippen molar-refractivity contribution in [1.29, 1.82) is 0 Å². The quantitative estimate of drug-likeness (QED) is 0.396. The third-order valence-electron chi connectivity index (χ3n) is 10.2. The van der Waals surface area contributed by atoms with E-state index in [2.05, 4.69) is 33.8 Å². The highest BCUT2D eigenvalue weighted by Gasteiger charge is 2.37. The van der Waals surface area contributed by atoms with Crippen molar-refractivity contribution < 1.29 is 22.3 Å². The fraction of sp³-hybridized carbons (Fsp3) is 0.576. The second kappa shape index (κ2) is 12.5. The van der Waals surface area contributed by atoms with Crippen LogP contribution >= 0.6 is 0 Å². The molecule has 2 aromatic carbocycles. The molecular formula is C33H44FN5O4S. The van der Waals surface area contributed by atoms with E-state index in [1.54, 1.807) is 17.9 Å². The van der Waals surface area contributed by atoms with Crippen LogP contribution in [0, 0.1) is 11.7 Å². The van der Waals surface area contributed by atoms with Crippen molar-refractivity contribution in [3.63, 3.8) is 0 Å². The maximum atomic E-state index is 14.6. The zero-order valence-electron chi connectivity index (χ0n) is 26.1. The van der Waals surface area contributed by atoms with E-state index in [4.69, 9.17) is 4.74 Å². The summed E-state index contributed by atoms with van der Waals surface area (Å²) in [6.45, 7) is 9.22. The number of carbonyl (C=O) groups is 1. The van der Waals surface area contributed by atoms with Gasteiger partial charge in [-0.15, -0.1) is 0 Å². The molecule has 1 aliphatic carbocycles. The molecular weight excluding hydrogens is 581 g/mol. The number of hydrogen-bond donors (Lipinski definition) is 1. The molecule has 9 nitrogen and oxygen atoms in total. The first-order valence-electron chi connectivity index (χ1n) is 15.9. The normalized spacial score (nSPS) is 24.4. The first-order chi connectivity index (χ1) is 21.0. The summed E-state index contributed by atoms with van der Waals surface area (Å²) in [4.78, 5) is 18.1. The molecule has 3 aromatic rings. The van der Waals surface area contributed by atoms with Gasteiger partial charge in [0.25, 0.3) is 5.91 Å². The zero-order chi connectivity index (χ0) is 31.2. The van der Waals surface area contributed by atoms with Gasteiger partial charge >= 0.3 is 0 Å². The van der Waals surface area contributed by atoms with E-state index in [0.29, 0.717) is 43.2 Å². The third kappa shape index (κ3) is 6.16. The van der Waals surface area contributed by atoms with Gasteiger partial charge in [-0.3, -0.25) is 14.4 Å². The largest absolute Gasteiger partial charge is 0.377 e. The van der Waals surface area contributed by atoms with Crippen molar-refractivity contribution in [1.82, 2.24) is 24.3 Å². The Morgan fingerprint density at radius 1 is 1.14 bits per heavy atom. The van der Waals surface area contributed by atoms with Crippen LogP contribution in [0.25, 0.3) is 22.0 Å². The summed E-state index contributed by atoms with van der Waals surface area (Å²) in [5.74, 6) is 0.387. The third-order valence-corrected chi connectivity index (χ3v) is 11.6. The molecule has 2 aliphatic heterocycles. The van der Waals surface area contributed by atoms with E-state index in [-0.39, 0.29) is 23.7 Å². The summed E-state index contributed by atoms with van der Waals surface area (Å²) in [6, 6.07) is 9.29. The number of rotatable bonds is 8. The van der Waals surface area contributed by atoms with Crippen LogP contribution in [0.15, 0.2) is 36.5 Å². The number of aromatic nitrogens is 2. The number of amides is 1. The number of ether oxygens (including phenoxy) is 1. The molecule has 1 aromatic heterocycles. The van der Waals surface area contributed by atoms with Crippen molar-refractivity contribution in [3.8, 4) is 11.1 Å². The Morgan fingerprint density at radius 3 is 2.59 bits per heavy atom. The van der Waals surface area contributed by atoms with E-state index in [0.717, 1.165) is 60.8 Å². The van der Waals surface area contributed by atoms with Crippen LogP contribution in [0.3, 0.4) is 0 Å². The number of aryl methyl sites for hydroxylation is 1. The first kappa shape index (κ1) is 31.1. The summed E-state index contributed by atoms with van der Waals surface area (Å²) in [7, 11) is -1.25. The van der Waals surface area contributed by atoms with Crippen molar-refractivity contribution in [3.05, 3.63) is 53.5 Å². The van der Waals surface area contributed by atoms with Gasteiger partial charge in [-0.05, 0) is 93.3 Å². The highest BCUT2D eigenvalue weighted by atomic mass is 32.2. The molecule has 3 aliphatic rings. The number of sulfonamides is 1. The standard InChI is InChI=1S/C33H44FN5O4S/c1-5-44(41,42)36-27-9-6-23(7-10-27)22(3)38-18-25(19-38)24-14-29(31-17-35-37(4)32(31)15-24)28-11-8-26(34)16-30(28)33(40)39-12-13-43-20-21(39)2/h8,11,14-17,21-23,25,27,36H,5-7,9-10,12-13,18-20H2,1-4H3/t21-,22-,23?,27?/m1/s1. The smallest absolute Gasteiger partial charge is 0.254 e. The van der Waals surface area contributed by atoms with E-state index in [1.807, 2.05) is 24.9 Å². The monoisotopic (exact) mass is 625 g/mol. The van der Waals surface area contributed by atoms with Gasteiger partial charge in [-0.2, -0.15) is 5.10 Å². The van der Waals surface area contributed by atoms with Crippen LogP contribution in [-0.2, 0) is 21.8 Å². The molecule has 3 heterocycles. The molecule has 0 radical (unpaired) electrons. The van der Waals surface area contributed by atoms with Gasteiger partial charge in [-0.25, -0.2) is 17.5 Å². The Bertz CT molecular complexity index is 1630. The number of morpholine rings is 1. The van der Waals surface area contributed by atoms with Gasteiger partial charge in [-0.1, -0.05) is 6.07 Å². The number of benzene rings is 2. The molecule has 2 saturated heterocycles. The Balaban J connectivity index is 1.22. The van der Waals surface area contributed by atoms with Gasteiger partial charge < -0.3 is 9.64 Å². The van der Waals surface area contributed by atoms with Crippen LogP contribution in [0.2, 0.25) is 0 Å². The van der Waals surface area contributed by atoms with Gasteiger partial charge in [0, 0.05) is 50.1 Å². The minimum atomic E-state index is -3.17. The van der Waals surface area contributed by atoms with Crippen molar-refractivity contribution in [2.45, 2.75) is 70.5 Å². The number of halogens is 1. The molecule has 0 spiro atoms. The predicted octanol–water partition coefficient (Wildman–Crippen LogP) is 4.53. The molecule has 1 N–H and O–H groups in total. The highest BCUT2D eigenvalue weighted by Crippen LogP contribution is 2.40. The summed E-state index contributed by atoms with van der Waals surface area (Å²) >= 11 is 0. The summed E-state index contributed by atoms with van der Waals surface area (Å²) in [5.41, 5.74) is 4.16. The topological polar surface area (TPSA) is 96.8 Å². The van der Waals surface area contributed by atoms with E-state index < -0.39 is 15.8 Å². The van der Waals surface area contributed by atoms with Crippen LogP contribution < -0.4 is 4.72 Å². The fourth-order valence-electron chi connectivity index (χ4n) is 7.25. The molecule has 3 fully saturated rings. The second-order valence-corrected chi connectivity index (χ2v) is 14.9. The molecule has 1 amide bonds. The minimum absolute atomic E-state index is 0.0475. The van der Waals surface area contributed by atoms with Crippen molar-refractivity contribution >= 4 is 26.8 Å². The fourth-order valence-corrected chi connectivity index (χ4v) is 8.16. The van der Waals surface area contributed by atoms with Crippen LogP contribution in [0.1, 0.15) is 68.3 Å². The number of fused-ring (bicyclic) bond motifs is 1. The lowest BCUT2D eigenvalue weighted by molar-refractivity contribution is 0.00361. The van der Waals surface area contributed by atoms with Crippen LogP contribution in [0.5, 0.6) is 0 Å². The number of nitrogens with one attached hydrogen (secondary N) is 1. The number of likely N-dealkylation sites (tertiary alicyclic amines) is 1. The minimum Gasteiger partial charge on any atom is -0.377 e. The number of hydrogen-bond acceptors (Lipinski definition) is 6. The molecule has 2 atom stereocenters. The number of nitrogens with zero attached hydrogens (tertiary/aromatic N) is 4. The molecule has 6 rings (SSSR count). The molecule has 0 bridgehead atoms. The van der Waals surface area contributed by atoms with E-state index >= 15 is 0 Å². The maximum Gasteiger partial charge on any atom is 0.254 e. The highest BCUT2D eigenvalue weighted by molar-refractivity contribution is 7.89. The Morgan fingerprint density at radius 2 is 1.89 bits per heavy atom. The van der Waals surface area contributed by atoms with Gasteiger partial charge in [0.05, 0.1) is 42.3 Å². The summed E-state index contributed by atoms with van der Waals surface area (Å²) in [6.07, 6.45) is 5.64. The van der Waals surface area contributed by atoms with Crippen molar-refractivity contribution in [2.75, 3.05) is 38.6 Å². The molecule has 1 saturated carbocycles. The lowest BCUT2D eigenvalue weighted by Gasteiger charge is -2.47. The zero-order valence-corrected chi connectivity index (χ0v) is 26.9. The average molecular weight is 626 g/mol. The second-order valence-electron chi connectivity index (χ2n) is 12.9. The summed E-state index contributed by atoms with van der Waals surface area (Å²) < 4.78 is 48.9. The Hall–Kier alpha value is -2.86. The van der Waals surface area contributed by atoms with Crippen LogP contribution in [-0.4, -0.2) is 90.6 Å². The molecule has 11 heteroatoms. The molecule has 238 valence electrons. The Labute approximate surface area is 259 Å². The van der Waals surface area contributed by atoms with Crippen LogP contribution in [0.4, 0.5) is 4.39 Å². The van der Waals surface area contributed by atoms with Gasteiger partial charge in [0.2, 0.25) is 10.0 Å². The predicted molar refractivity (Wildman–Crippen MR) is 170 cm³/mol. The lowest BCUT2D eigenvalue weighted by atomic mass is 9.79. The SMILES string of the molecule is CCS(=O)(=O)NC1CCC([C@@H](C)N2CC(c3cc(-c4ccc(F)cc4C(=O)N4CCOC[C@H]4C)c4cnn(C)c4c3)C2)CC1. The van der Waals surface area contributed by atoms with Gasteiger partial charge in [0.1, 0.15) is 5.82 Å². The summed E-state index contributed by atoms with van der Waals surface area (Å²) in [5, 5.41) is 5.47. The number of carbonyl (C=O) groups excluding carboxylic acids is 1. The Kier molecular flexibility index (Phi) is 8.85. The lowest BCUT2D eigenvalue weighted by Crippen LogP contribution is -2.53. The van der Waals surface area contributed by atoms with Gasteiger partial charge in [0.15, 0.2) is 0 Å². The molecule has 44 heavy (non-hydrogen) atoms. The van der Waals surface area contributed by atoms with E-state index in [9.17, 15) is 17.6 Å². The first-order valence-corrected chi connectivity index (χ1v) is 17.6. The van der Waals surface area contributed by atoms with Crippen molar-refractivity contribution in [2.24, 2.45) is 13.0 Å². The average Bonchev–Trinajstić information content (AvgIpc) is 3.36. The van der Waals surface area contributed by atoms with E-state index in [1.165, 1.54) is 17.7 Å². The maximum absolute atomic E-state index is 14.6.